The van der Waals surface area contributed by atoms with Crippen molar-refractivity contribution in [1.82, 2.24) is 15.5 Å². The highest BCUT2D eigenvalue weighted by Crippen LogP contribution is 2.13. The average molecular weight is 403 g/mol. The number of hydrogen-bond donors (Lipinski definition) is 3. The molecular formula is C20H25N3O6. The summed E-state index contributed by atoms with van der Waals surface area (Å²) in [5.41, 5.74) is 0.765. The van der Waals surface area contributed by atoms with Crippen molar-refractivity contribution in [3.63, 3.8) is 0 Å². The summed E-state index contributed by atoms with van der Waals surface area (Å²) in [6.07, 6.45) is 5.62. The maximum atomic E-state index is 12.4. The summed E-state index contributed by atoms with van der Waals surface area (Å²) in [5.74, 6) is -1.12. The normalized spacial score (nSPS) is 15.2. The van der Waals surface area contributed by atoms with Crippen LogP contribution in [0.15, 0.2) is 49.1 Å². The predicted molar refractivity (Wildman–Crippen MR) is 105 cm³/mol. The first-order valence-electron chi connectivity index (χ1n) is 9.09. The van der Waals surface area contributed by atoms with Gasteiger partial charge in [0.05, 0.1) is 19.4 Å². The molecule has 0 unspecified atom stereocenters. The number of aliphatic carboxylic acids is 1. The summed E-state index contributed by atoms with van der Waals surface area (Å²) in [7, 11) is 1.55. The SMILES string of the molecule is COc1ccc(C[C@H](NC(=O)[C@H](C)NCCN2C=COC=CC2=O)C(=O)O)cc1. The van der Waals surface area contributed by atoms with Crippen molar-refractivity contribution in [3.8, 4) is 5.75 Å². The van der Waals surface area contributed by atoms with Crippen LogP contribution in [0, 0.1) is 0 Å². The smallest absolute Gasteiger partial charge is 0.326 e. The molecular weight excluding hydrogens is 378 g/mol. The number of rotatable bonds is 10. The van der Waals surface area contributed by atoms with Gasteiger partial charge in [-0.1, -0.05) is 12.1 Å². The number of nitrogens with one attached hydrogen (secondary N) is 2. The fourth-order valence-electron chi connectivity index (χ4n) is 2.59. The van der Waals surface area contributed by atoms with Crippen LogP contribution in [-0.2, 0) is 25.5 Å². The number of carbonyl (C=O) groups excluding carboxylic acids is 2. The quantitative estimate of drug-likeness (QED) is 0.524. The molecule has 0 spiro atoms. The van der Waals surface area contributed by atoms with Crippen molar-refractivity contribution in [1.29, 1.82) is 0 Å². The van der Waals surface area contributed by atoms with E-state index in [-0.39, 0.29) is 12.3 Å². The van der Waals surface area contributed by atoms with E-state index in [4.69, 9.17) is 9.47 Å². The van der Waals surface area contributed by atoms with Gasteiger partial charge in [-0.25, -0.2) is 4.79 Å². The first-order valence-corrected chi connectivity index (χ1v) is 9.09. The lowest BCUT2D eigenvalue weighted by atomic mass is 10.1. The lowest BCUT2D eigenvalue weighted by molar-refractivity contribution is -0.142. The Hall–Kier alpha value is -3.33. The number of methoxy groups -OCH3 is 1. The number of carboxylic acid groups (broad SMARTS) is 1. The number of ether oxygens (including phenoxy) is 2. The lowest BCUT2D eigenvalue weighted by Gasteiger charge is -2.20. The van der Waals surface area contributed by atoms with Gasteiger partial charge in [0.1, 0.15) is 18.1 Å². The molecule has 2 amide bonds. The molecule has 1 aromatic rings. The number of hydrogen-bond acceptors (Lipinski definition) is 6. The van der Waals surface area contributed by atoms with Crippen LogP contribution in [0.2, 0.25) is 0 Å². The summed E-state index contributed by atoms with van der Waals surface area (Å²) < 4.78 is 10.00. The second-order valence-corrected chi connectivity index (χ2v) is 6.38. The van der Waals surface area contributed by atoms with E-state index in [9.17, 15) is 19.5 Å². The van der Waals surface area contributed by atoms with E-state index in [1.54, 1.807) is 38.3 Å². The first kappa shape index (κ1) is 22.0. The Morgan fingerprint density at radius 3 is 2.62 bits per heavy atom. The van der Waals surface area contributed by atoms with Crippen LogP contribution in [0.4, 0.5) is 0 Å². The molecule has 0 saturated heterocycles. The number of carboxylic acids is 1. The molecule has 0 aromatic heterocycles. The molecule has 29 heavy (non-hydrogen) atoms. The zero-order valence-corrected chi connectivity index (χ0v) is 16.3. The van der Waals surface area contributed by atoms with E-state index >= 15 is 0 Å². The summed E-state index contributed by atoms with van der Waals surface area (Å²) in [4.78, 5) is 37.1. The molecule has 1 aliphatic heterocycles. The van der Waals surface area contributed by atoms with Gasteiger partial charge < -0.3 is 30.1 Å². The maximum Gasteiger partial charge on any atom is 0.326 e. The molecule has 9 nitrogen and oxygen atoms in total. The molecule has 1 heterocycles. The van der Waals surface area contributed by atoms with Crippen LogP contribution in [-0.4, -0.2) is 60.1 Å². The molecule has 1 aromatic carbocycles. The highest BCUT2D eigenvalue weighted by Gasteiger charge is 2.23. The fraction of sp³-hybridized carbons (Fsp3) is 0.350. The van der Waals surface area contributed by atoms with Gasteiger partial charge in [0, 0.05) is 31.8 Å². The van der Waals surface area contributed by atoms with Crippen molar-refractivity contribution in [2.45, 2.75) is 25.4 Å². The van der Waals surface area contributed by atoms with E-state index in [1.807, 2.05) is 0 Å². The molecule has 0 bridgehead atoms. The van der Waals surface area contributed by atoms with Crippen LogP contribution >= 0.6 is 0 Å². The zero-order chi connectivity index (χ0) is 21.2. The van der Waals surface area contributed by atoms with Crippen LogP contribution in [0.5, 0.6) is 5.75 Å². The topological polar surface area (TPSA) is 117 Å². The number of benzene rings is 1. The molecule has 0 fully saturated rings. The van der Waals surface area contributed by atoms with Crippen molar-refractivity contribution in [2.75, 3.05) is 20.2 Å². The van der Waals surface area contributed by atoms with Gasteiger partial charge in [0.15, 0.2) is 0 Å². The minimum Gasteiger partial charge on any atom is -0.497 e. The molecule has 156 valence electrons. The van der Waals surface area contributed by atoms with Crippen LogP contribution in [0.3, 0.4) is 0 Å². The Kier molecular flexibility index (Phi) is 8.23. The number of nitrogens with zero attached hydrogens (tertiary/aromatic N) is 1. The maximum absolute atomic E-state index is 12.4. The largest absolute Gasteiger partial charge is 0.497 e. The molecule has 1 aliphatic rings. The van der Waals surface area contributed by atoms with E-state index in [1.165, 1.54) is 29.7 Å². The minimum atomic E-state index is -1.12. The lowest BCUT2D eigenvalue weighted by Crippen LogP contribution is -2.50. The zero-order valence-electron chi connectivity index (χ0n) is 16.3. The fourth-order valence-corrected chi connectivity index (χ4v) is 2.59. The Morgan fingerprint density at radius 1 is 1.24 bits per heavy atom. The summed E-state index contributed by atoms with van der Waals surface area (Å²) in [6.45, 7) is 2.30. The standard InChI is InChI=1S/C20H25N3O6/c1-14(21-8-9-23-10-12-29-11-7-18(23)24)19(25)22-17(20(26)27)13-15-3-5-16(28-2)6-4-15/h3-7,10-12,14,17,21H,8-9,13H2,1-2H3,(H,22,25)(H,26,27)/t14-,17-/m0/s1. The number of amides is 2. The van der Waals surface area contributed by atoms with Gasteiger partial charge in [-0.15, -0.1) is 0 Å². The van der Waals surface area contributed by atoms with Crippen molar-refractivity contribution < 1.29 is 29.0 Å². The molecule has 0 radical (unpaired) electrons. The third-order valence-corrected chi connectivity index (χ3v) is 4.30. The second kappa shape index (κ2) is 10.9. The van der Waals surface area contributed by atoms with Crippen molar-refractivity contribution in [2.24, 2.45) is 0 Å². The highest BCUT2D eigenvalue weighted by molar-refractivity contribution is 5.88. The van der Waals surface area contributed by atoms with Gasteiger partial charge in [0.2, 0.25) is 5.91 Å². The Morgan fingerprint density at radius 2 is 1.97 bits per heavy atom. The molecule has 9 heteroatoms. The summed E-state index contributed by atoms with van der Waals surface area (Å²) in [6, 6.07) is 5.29. The molecule has 3 N–H and O–H groups in total. The van der Waals surface area contributed by atoms with Gasteiger partial charge in [-0.3, -0.25) is 9.59 Å². The minimum absolute atomic E-state index is 0.150. The van der Waals surface area contributed by atoms with Gasteiger partial charge in [-0.2, -0.15) is 0 Å². The molecule has 0 saturated carbocycles. The van der Waals surface area contributed by atoms with E-state index in [0.29, 0.717) is 18.8 Å². The third-order valence-electron chi connectivity index (χ3n) is 4.30. The third kappa shape index (κ3) is 6.96. The van der Waals surface area contributed by atoms with E-state index < -0.39 is 24.0 Å². The molecule has 2 atom stereocenters. The van der Waals surface area contributed by atoms with Gasteiger partial charge in [0.25, 0.3) is 5.91 Å². The van der Waals surface area contributed by atoms with Crippen LogP contribution < -0.4 is 15.4 Å². The van der Waals surface area contributed by atoms with Gasteiger partial charge >= 0.3 is 5.97 Å². The summed E-state index contributed by atoms with van der Waals surface area (Å²) >= 11 is 0. The Bertz CT molecular complexity index is 775. The second-order valence-electron chi connectivity index (χ2n) is 6.38. The first-order chi connectivity index (χ1) is 13.9. The predicted octanol–water partition coefficient (Wildman–Crippen LogP) is 0.629. The Labute approximate surface area is 169 Å². The number of carbonyl (C=O) groups is 3. The van der Waals surface area contributed by atoms with Gasteiger partial charge in [-0.05, 0) is 24.6 Å². The Balaban J connectivity index is 1.83. The van der Waals surface area contributed by atoms with Crippen molar-refractivity contribution >= 4 is 17.8 Å². The summed E-state index contributed by atoms with van der Waals surface area (Å²) in [5, 5.41) is 15.0. The monoisotopic (exact) mass is 403 g/mol. The van der Waals surface area contributed by atoms with E-state index in [2.05, 4.69) is 10.6 Å². The van der Waals surface area contributed by atoms with Crippen molar-refractivity contribution in [3.05, 3.63) is 54.6 Å². The van der Waals surface area contributed by atoms with Crippen LogP contribution in [0.25, 0.3) is 0 Å². The van der Waals surface area contributed by atoms with Crippen LogP contribution in [0.1, 0.15) is 12.5 Å². The highest BCUT2D eigenvalue weighted by atomic mass is 16.5. The molecule has 2 rings (SSSR count). The van der Waals surface area contributed by atoms with E-state index in [0.717, 1.165) is 5.56 Å². The average Bonchev–Trinajstić information content (AvgIpc) is 2.92. The molecule has 0 aliphatic carbocycles.